The first-order valence-electron chi connectivity index (χ1n) is 6.80. The first-order valence-corrected chi connectivity index (χ1v) is 6.80. The number of carbonyl (C=O) groups excluding carboxylic acids is 1. The standard InChI is InChI=1S/C15H21NO3/c1-18-14-7-5-12(6-8-14)11-16-9-10-19-15(17)13-3-2-4-13/h5-8,13,16H,2-4,9-11H2,1H3. The van der Waals surface area contributed by atoms with Crippen LogP contribution in [0.25, 0.3) is 0 Å². The molecule has 1 N–H and O–H groups in total. The first-order chi connectivity index (χ1) is 9.29. The van der Waals surface area contributed by atoms with Gasteiger partial charge in [0.25, 0.3) is 0 Å². The summed E-state index contributed by atoms with van der Waals surface area (Å²) in [4.78, 5) is 11.5. The summed E-state index contributed by atoms with van der Waals surface area (Å²) in [6.07, 6.45) is 3.16. The highest BCUT2D eigenvalue weighted by atomic mass is 16.5. The van der Waals surface area contributed by atoms with Crippen molar-refractivity contribution in [2.45, 2.75) is 25.8 Å². The number of esters is 1. The smallest absolute Gasteiger partial charge is 0.308 e. The molecule has 0 saturated heterocycles. The minimum Gasteiger partial charge on any atom is -0.497 e. The van der Waals surface area contributed by atoms with Crippen LogP contribution in [0.1, 0.15) is 24.8 Å². The van der Waals surface area contributed by atoms with E-state index in [1.165, 1.54) is 5.56 Å². The fraction of sp³-hybridized carbons (Fsp3) is 0.533. The van der Waals surface area contributed by atoms with Gasteiger partial charge in [0.1, 0.15) is 12.4 Å². The van der Waals surface area contributed by atoms with E-state index in [0.29, 0.717) is 13.2 Å². The predicted octanol–water partition coefficient (Wildman–Crippen LogP) is 2.13. The van der Waals surface area contributed by atoms with Gasteiger partial charge in [0.15, 0.2) is 0 Å². The summed E-state index contributed by atoms with van der Waals surface area (Å²) in [6.45, 7) is 1.90. The quantitative estimate of drug-likeness (QED) is 0.605. The van der Waals surface area contributed by atoms with Crippen LogP contribution in [0.3, 0.4) is 0 Å². The molecule has 0 spiro atoms. The summed E-state index contributed by atoms with van der Waals surface area (Å²) in [5.41, 5.74) is 1.19. The molecule has 1 aromatic carbocycles. The number of methoxy groups -OCH3 is 1. The van der Waals surface area contributed by atoms with Crippen LogP contribution in [0.4, 0.5) is 0 Å². The van der Waals surface area contributed by atoms with Crippen LogP contribution in [0, 0.1) is 5.92 Å². The molecule has 19 heavy (non-hydrogen) atoms. The highest BCUT2D eigenvalue weighted by Gasteiger charge is 2.26. The van der Waals surface area contributed by atoms with Crippen molar-refractivity contribution in [1.29, 1.82) is 0 Å². The molecule has 1 aromatic rings. The van der Waals surface area contributed by atoms with Gasteiger partial charge in [0.05, 0.1) is 13.0 Å². The van der Waals surface area contributed by atoms with E-state index in [0.717, 1.165) is 31.6 Å². The maximum absolute atomic E-state index is 11.5. The van der Waals surface area contributed by atoms with E-state index in [-0.39, 0.29) is 11.9 Å². The molecule has 0 unspecified atom stereocenters. The third-order valence-electron chi connectivity index (χ3n) is 3.45. The molecular formula is C15H21NO3. The minimum absolute atomic E-state index is 0.0301. The molecule has 0 heterocycles. The molecule has 0 radical (unpaired) electrons. The highest BCUT2D eigenvalue weighted by molar-refractivity contribution is 5.73. The second-order valence-corrected chi connectivity index (χ2v) is 4.82. The highest BCUT2D eigenvalue weighted by Crippen LogP contribution is 2.27. The number of benzene rings is 1. The second-order valence-electron chi connectivity index (χ2n) is 4.82. The Labute approximate surface area is 114 Å². The lowest BCUT2D eigenvalue weighted by atomic mass is 9.86. The van der Waals surface area contributed by atoms with Gasteiger partial charge in [0.2, 0.25) is 0 Å². The van der Waals surface area contributed by atoms with Crippen LogP contribution < -0.4 is 10.1 Å². The van der Waals surface area contributed by atoms with Gasteiger partial charge in [-0.2, -0.15) is 0 Å². The van der Waals surface area contributed by atoms with Crippen molar-refractivity contribution in [3.8, 4) is 5.75 Å². The number of rotatable bonds is 7. The Bertz CT molecular complexity index is 398. The predicted molar refractivity (Wildman–Crippen MR) is 73.0 cm³/mol. The minimum atomic E-state index is -0.0301. The normalized spacial score (nSPS) is 14.8. The van der Waals surface area contributed by atoms with Crippen molar-refractivity contribution < 1.29 is 14.3 Å². The van der Waals surface area contributed by atoms with Crippen molar-refractivity contribution in [1.82, 2.24) is 5.32 Å². The Balaban J connectivity index is 1.56. The Morgan fingerprint density at radius 3 is 2.63 bits per heavy atom. The van der Waals surface area contributed by atoms with Gasteiger partial charge in [-0.25, -0.2) is 0 Å². The molecule has 1 aliphatic carbocycles. The van der Waals surface area contributed by atoms with Crippen LogP contribution in [-0.4, -0.2) is 26.2 Å². The molecule has 0 aromatic heterocycles. The SMILES string of the molecule is COc1ccc(CNCCOC(=O)C2CCC2)cc1. The lowest BCUT2D eigenvalue weighted by Crippen LogP contribution is -2.27. The third-order valence-corrected chi connectivity index (χ3v) is 3.45. The molecule has 4 heteroatoms. The molecule has 2 rings (SSSR count). The monoisotopic (exact) mass is 263 g/mol. The van der Waals surface area contributed by atoms with Crippen LogP contribution in [0.2, 0.25) is 0 Å². The lowest BCUT2D eigenvalue weighted by Gasteiger charge is -2.23. The second kappa shape index (κ2) is 7.14. The van der Waals surface area contributed by atoms with Crippen LogP contribution in [0.5, 0.6) is 5.75 Å². The lowest BCUT2D eigenvalue weighted by molar-refractivity contribution is -0.151. The summed E-state index contributed by atoms with van der Waals surface area (Å²) < 4.78 is 10.3. The van der Waals surface area contributed by atoms with Crippen molar-refractivity contribution >= 4 is 5.97 Å². The molecule has 1 saturated carbocycles. The zero-order chi connectivity index (χ0) is 13.5. The molecular weight excluding hydrogens is 242 g/mol. The molecule has 0 bridgehead atoms. The van der Waals surface area contributed by atoms with Crippen LogP contribution >= 0.6 is 0 Å². The average Bonchev–Trinajstić information content (AvgIpc) is 2.37. The Hall–Kier alpha value is -1.55. The largest absolute Gasteiger partial charge is 0.497 e. The van der Waals surface area contributed by atoms with E-state index in [2.05, 4.69) is 5.32 Å². The number of ether oxygens (including phenoxy) is 2. The van der Waals surface area contributed by atoms with E-state index in [4.69, 9.17) is 9.47 Å². The van der Waals surface area contributed by atoms with E-state index >= 15 is 0 Å². The Morgan fingerprint density at radius 1 is 1.32 bits per heavy atom. The van der Waals surface area contributed by atoms with Crippen LogP contribution in [0.15, 0.2) is 24.3 Å². The van der Waals surface area contributed by atoms with E-state index in [9.17, 15) is 4.79 Å². The van der Waals surface area contributed by atoms with Gasteiger partial charge in [-0.1, -0.05) is 18.6 Å². The van der Waals surface area contributed by atoms with Gasteiger partial charge in [-0.15, -0.1) is 0 Å². The Morgan fingerprint density at radius 2 is 2.05 bits per heavy atom. The zero-order valence-electron chi connectivity index (χ0n) is 11.4. The van der Waals surface area contributed by atoms with E-state index in [1.54, 1.807) is 7.11 Å². The fourth-order valence-electron chi connectivity index (χ4n) is 1.96. The third kappa shape index (κ3) is 4.24. The zero-order valence-corrected chi connectivity index (χ0v) is 11.4. The van der Waals surface area contributed by atoms with Gasteiger partial charge in [0, 0.05) is 13.1 Å². The van der Waals surface area contributed by atoms with Crippen molar-refractivity contribution in [2.75, 3.05) is 20.3 Å². The summed E-state index contributed by atoms with van der Waals surface area (Å²) in [7, 11) is 1.66. The molecule has 4 nitrogen and oxygen atoms in total. The summed E-state index contributed by atoms with van der Waals surface area (Å²) in [6, 6.07) is 7.92. The van der Waals surface area contributed by atoms with Crippen molar-refractivity contribution in [3.05, 3.63) is 29.8 Å². The van der Waals surface area contributed by atoms with Crippen LogP contribution in [-0.2, 0) is 16.1 Å². The molecule has 0 amide bonds. The fourth-order valence-corrected chi connectivity index (χ4v) is 1.96. The number of hydrogen-bond donors (Lipinski definition) is 1. The number of hydrogen-bond acceptors (Lipinski definition) is 4. The number of carbonyl (C=O) groups is 1. The maximum atomic E-state index is 11.5. The van der Waals surface area contributed by atoms with Gasteiger partial charge >= 0.3 is 5.97 Å². The molecule has 1 fully saturated rings. The summed E-state index contributed by atoms with van der Waals surface area (Å²) >= 11 is 0. The topological polar surface area (TPSA) is 47.6 Å². The molecule has 0 aliphatic heterocycles. The van der Waals surface area contributed by atoms with E-state index in [1.807, 2.05) is 24.3 Å². The van der Waals surface area contributed by atoms with Gasteiger partial charge in [-0.05, 0) is 30.5 Å². The van der Waals surface area contributed by atoms with Gasteiger partial charge in [-0.3, -0.25) is 4.79 Å². The molecule has 104 valence electrons. The average molecular weight is 263 g/mol. The Kier molecular flexibility index (Phi) is 5.21. The van der Waals surface area contributed by atoms with Crippen molar-refractivity contribution in [3.63, 3.8) is 0 Å². The maximum Gasteiger partial charge on any atom is 0.308 e. The molecule has 0 atom stereocenters. The van der Waals surface area contributed by atoms with Crippen molar-refractivity contribution in [2.24, 2.45) is 5.92 Å². The number of nitrogens with one attached hydrogen (secondary N) is 1. The molecule has 1 aliphatic rings. The summed E-state index contributed by atoms with van der Waals surface area (Å²) in [5.74, 6) is 0.997. The van der Waals surface area contributed by atoms with E-state index < -0.39 is 0 Å². The van der Waals surface area contributed by atoms with Gasteiger partial charge < -0.3 is 14.8 Å². The first kappa shape index (κ1) is 13.9. The summed E-state index contributed by atoms with van der Waals surface area (Å²) in [5, 5.41) is 3.25.